The topological polar surface area (TPSA) is 38.1 Å². The average molecular weight is 450 g/mol. The highest BCUT2D eigenvalue weighted by atomic mass is 35.5. The van der Waals surface area contributed by atoms with Crippen LogP contribution in [0, 0.1) is 0 Å². The number of benzene rings is 2. The van der Waals surface area contributed by atoms with E-state index >= 15 is 0 Å². The fourth-order valence-corrected chi connectivity index (χ4v) is 3.75. The number of carbonyl (C=O) groups excluding carboxylic acids is 1. The van der Waals surface area contributed by atoms with Gasteiger partial charge in [-0.25, -0.2) is 4.68 Å². The number of para-hydroxylation sites is 1. The lowest BCUT2D eigenvalue weighted by atomic mass is 10.1. The Morgan fingerprint density at radius 3 is 2.10 bits per heavy atom. The highest BCUT2D eigenvalue weighted by molar-refractivity contribution is 6.32. The molecule has 0 aliphatic rings. The summed E-state index contributed by atoms with van der Waals surface area (Å²) in [5.41, 5.74) is 0.490. The van der Waals surface area contributed by atoms with Gasteiger partial charge in [-0.1, -0.05) is 35.9 Å². The van der Waals surface area contributed by atoms with Crippen LogP contribution in [0.15, 0.2) is 54.6 Å². The van der Waals surface area contributed by atoms with Crippen LogP contribution in [0.2, 0.25) is 5.02 Å². The van der Waals surface area contributed by atoms with Crippen LogP contribution in [0.3, 0.4) is 0 Å². The molecule has 0 aliphatic heterocycles. The van der Waals surface area contributed by atoms with Crippen LogP contribution in [0.1, 0.15) is 43.7 Å². The molecule has 0 fully saturated rings. The van der Waals surface area contributed by atoms with Gasteiger partial charge in [-0.15, -0.1) is 0 Å². The maximum Gasteiger partial charge on any atom is 0.435 e. The summed E-state index contributed by atoms with van der Waals surface area (Å²) in [6.45, 7) is 7.75. The van der Waals surface area contributed by atoms with Crippen LogP contribution in [0.4, 0.5) is 13.2 Å². The molecular formula is C23H23ClF3N3O. The molecule has 3 aromatic rings. The van der Waals surface area contributed by atoms with Crippen molar-refractivity contribution in [3.05, 3.63) is 70.9 Å². The third-order valence-corrected chi connectivity index (χ3v) is 5.17. The lowest BCUT2D eigenvalue weighted by Crippen LogP contribution is -2.42. The molecule has 164 valence electrons. The van der Waals surface area contributed by atoms with Gasteiger partial charge in [0.05, 0.1) is 16.4 Å². The highest BCUT2D eigenvalue weighted by Crippen LogP contribution is 2.34. The zero-order valence-corrected chi connectivity index (χ0v) is 18.4. The van der Waals surface area contributed by atoms with Crippen LogP contribution in [-0.4, -0.2) is 32.7 Å². The van der Waals surface area contributed by atoms with Crippen LogP contribution < -0.4 is 0 Å². The Morgan fingerprint density at radius 1 is 1.00 bits per heavy atom. The molecule has 0 N–H and O–H groups in total. The minimum Gasteiger partial charge on any atom is -0.334 e. The lowest BCUT2D eigenvalue weighted by Gasteiger charge is -2.30. The third kappa shape index (κ3) is 4.77. The number of nitrogens with zero attached hydrogens (tertiary/aromatic N) is 3. The number of hydrogen-bond donors (Lipinski definition) is 0. The summed E-state index contributed by atoms with van der Waals surface area (Å²) in [4.78, 5) is 14.6. The lowest BCUT2D eigenvalue weighted by molar-refractivity contribution is -0.141. The van der Waals surface area contributed by atoms with Crippen LogP contribution in [-0.2, 0) is 6.18 Å². The van der Waals surface area contributed by atoms with Gasteiger partial charge in [0.2, 0.25) is 0 Å². The van der Waals surface area contributed by atoms with Crippen molar-refractivity contribution < 1.29 is 18.0 Å². The summed E-state index contributed by atoms with van der Waals surface area (Å²) in [5, 5.41) is 4.03. The van der Waals surface area contributed by atoms with Crippen molar-refractivity contribution in [3.8, 4) is 16.9 Å². The van der Waals surface area contributed by atoms with Crippen molar-refractivity contribution in [1.29, 1.82) is 0 Å². The number of amides is 1. The Labute approximate surface area is 184 Å². The average Bonchev–Trinajstić information content (AvgIpc) is 3.13. The monoisotopic (exact) mass is 449 g/mol. The van der Waals surface area contributed by atoms with Gasteiger partial charge in [-0.3, -0.25) is 4.79 Å². The second-order valence-corrected chi connectivity index (χ2v) is 8.16. The van der Waals surface area contributed by atoms with E-state index in [9.17, 15) is 18.0 Å². The Morgan fingerprint density at radius 2 is 1.58 bits per heavy atom. The smallest absolute Gasteiger partial charge is 0.334 e. The van der Waals surface area contributed by atoms with Crippen molar-refractivity contribution in [3.63, 3.8) is 0 Å². The number of alkyl halides is 3. The minimum atomic E-state index is -4.60. The molecule has 1 aromatic heterocycles. The van der Waals surface area contributed by atoms with Crippen LogP contribution in [0.25, 0.3) is 16.9 Å². The van der Waals surface area contributed by atoms with Gasteiger partial charge >= 0.3 is 6.18 Å². The Bertz CT molecular complexity index is 1060. The van der Waals surface area contributed by atoms with Crippen molar-refractivity contribution >= 4 is 17.5 Å². The summed E-state index contributed by atoms with van der Waals surface area (Å²) in [6, 6.07) is 14.0. The standard InChI is InChI=1S/C23H23ClF3N3O/c1-14(2)29(15(3)4)22(31)17-11-9-16(10-12-17)20-13-21(23(25,26)27)28-30(20)19-8-6-5-7-18(19)24/h5-15H,1-4H3. The van der Waals surface area contributed by atoms with E-state index in [1.165, 1.54) is 4.68 Å². The molecule has 4 nitrogen and oxygen atoms in total. The highest BCUT2D eigenvalue weighted by Gasteiger charge is 2.35. The molecule has 8 heteroatoms. The molecule has 1 amide bonds. The molecule has 31 heavy (non-hydrogen) atoms. The predicted molar refractivity (Wildman–Crippen MR) is 115 cm³/mol. The van der Waals surface area contributed by atoms with Gasteiger partial charge in [-0.05, 0) is 58.0 Å². The number of aromatic nitrogens is 2. The minimum absolute atomic E-state index is 0.0168. The van der Waals surface area contributed by atoms with E-state index in [0.29, 0.717) is 16.8 Å². The summed E-state index contributed by atoms with van der Waals surface area (Å²) >= 11 is 6.21. The summed E-state index contributed by atoms with van der Waals surface area (Å²) in [6.07, 6.45) is -4.60. The van der Waals surface area contributed by atoms with Gasteiger partial charge in [0.15, 0.2) is 5.69 Å². The van der Waals surface area contributed by atoms with Crippen molar-refractivity contribution in [2.75, 3.05) is 0 Å². The summed E-state index contributed by atoms with van der Waals surface area (Å²) in [7, 11) is 0. The number of carbonyl (C=O) groups is 1. The molecule has 0 unspecified atom stereocenters. The molecule has 0 spiro atoms. The molecule has 0 aliphatic carbocycles. The zero-order valence-electron chi connectivity index (χ0n) is 17.6. The van der Waals surface area contributed by atoms with Crippen molar-refractivity contribution in [2.45, 2.75) is 46.0 Å². The van der Waals surface area contributed by atoms with E-state index in [2.05, 4.69) is 5.10 Å². The molecular weight excluding hydrogens is 427 g/mol. The Balaban J connectivity index is 2.06. The van der Waals surface area contributed by atoms with Gasteiger partial charge in [0, 0.05) is 23.2 Å². The Hall–Kier alpha value is -2.80. The van der Waals surface area contributed by atoms with Gasteiger partial charge in [0.1, 0.15) is 0 Å². The number of halogens is 4. The summed E-state index contributed by atoms with van der Waals surface area (Å²) < 4.78 is 41.3. The maximum atomic E-state index is 13.4. The molecule has 0 atom stereocenters. The molecule has 3 rings (SSSR count). The fourth-order valence-electron chi connectivity index (χ4n) is 3.53. The second kappa shape index (κ2) is 8.75. The van der Waals surface area contributed by atoms with Gasteiger partial charge < -0.3 is 4.90 Å². The van der Waals surface area contributed by atoms with E-state index in [4.69, 9.17) is 11.6 Å². The van der Waals surface area contributed by atoms with Crippen LogP contribution in [0.5, 0.6) is 0 Å². The largest absolute Gasteiger partial charge is 0.435 e. The molecule has 0 saturated carbocycles. The van der Waals surface area contributed by atoms with Crippen molar-refractivity contribution in [1.82, 2.24) is 14.7 Å². The second-order valence-electron chi connectivity index (χ2n) is 7.75. The molecule has 0 radical (unpaired) electrons. The third-order valence-electron chi connectivity index (χ3n) is 4.86. The van der Waals surface area contributed by atoms with E-state index in [0.717, 1.165) is 6.07 Å². The fraction of sp³-hybridized carbons (Fsp3) is 0.304. The van der Waals surface area contributed by atoms with Crippen LogP contribution >= 0.6 is 11.6 Å². The van der Waals surface area contributed by atoms with Crippen molar-refractivity contribution in [2.24, 2.45) is 0 Å². The van der Waals surface area contributed by atoms with E-state index in [1.807, 2.05) is 27.7 Å². The maximum absolute atomic E-state index is 13.4. The molecule has 1 heterocycles. The summed E-state index contributed by atoms with van der Waals surface area (Å²) in [5.74, 6) is -0.132. The number of rotatable bonds is 5. The zero-order chi connectivity index (χ0) is 22.9. The normalized spacial score (nSPS) is 11.9. The van der Waals surface area contributed by atoms with E-state index in [-0.39, 0.29) is 28.7 Å². The Kier molecular flexibility index (Phi) is 6.46. The first kappa shape index (κ1) is 22.9. The van der Waals surface area contributed by atoms with Gasteiger partial charge in [0.25, 0.3) is 5.91 Å². The van der Waals surface area contributed by atoms with Gasteiger partial charge in [-0.2, -0.15) is 18.3 Å². The predicted octanol–water partition coefficient (Wildman–Crippen LogP) is 6.47. The molecule has 0 bridgehead atoms. The quantitative estimate of drug-likeness (QED) is 0.447. The SMILES string of the molecule is CC(C)N(C(=O)c1ccc(-c2cc(C(F)(F)F)nn2-c2ccccc2Cl)cc1)C(C)C. The van der Waals surface area contributed by atoms with E-state index < -0.39 is 11.9 Å². The molecule has 0 saturated heterocycles. The number of hydrogen-bond acceptors (Lipinski definition) is 2. The first-order chi connectivity index (χ1) is 14.5. The van der Waals surface area contributed by atoms with E-state index in [1.54, 1.807) is 53.4 Å². The first-order valence-electron chi connectivity index (χ1n) is 9.86. The molecule has 2 aromatic carbocycles. The first-order valence-corrected chi connectivity index (χ1v) is 10.2.